The molecule has 2 atom stereocenters. The third-order valence-corrected chi connectivity index (χ3v) is 4.62. The quantitative estimate of drug-likeness (QED) is 0.819. The standard InChI is InChI=1S/C15H24N2O4/c1-10(15(20)21)8-16(2)14(19)11-7-13(18)17(9-11)12-5-3-4-6-12/h10-12H,3-9H2,1-2H3,(H,20,21)/t10-,11+/m0/s1. The number of carbonyl (C=O) groups is 3. The number of rotatable bonds is 5. The first-order valence-electron chi connectivity index (χ1n) is 7.67. The summed E-state index contributed by atoms with van der Waals surface area (Å²) in [4.78, 5) is 38.6. The number of carbonyl (C=O) groups excluding carboxylic acids is 2. The van der Waals surface area contributed by atoms with Crippen LogP contribution in [0.2, 0.25) is 0 Å². The monoisotopic (exact) mass is 296 g/mol. The van der Waals surface area contributed by atoms with Crippen LogP contribution in [-0.2, 0) is 14.4 Å². The normalized spacial score (nSPS) is 24.4. The Morgan fingerprint density at radius 2 is 2.00 bits per heavy atom. The lowest BCUT2D eigenvalue weighted by molar-refractivity contribution is -0.143. The van der Waals surface area contributed by atoms with E-state index in [4.69, 9.17) is 5.11 Å². The molecular formula is C15H24N2O4. The summed E-state index contributed by atoms with van der Waals surface area (Å²) in [5.74, 6) is -1.87. The van der Waals surface area contributed by atoms with Crippen LogP contribution in [0.4, 0.5) is 0 Å². The lowest BCUT2D eigenvalue weighted by Gasteiger charge is -2.25. The molecule has 0 spiro atoms. The van der Waals surface area contributed by atoms with Gasteiger partial charge in [0, 0.05) is 32.6 Å². The summed E-state index contributed by atoms with van der Waals surface area (Å²) in [6.07, 6.45) is 4.66. The van der Waals surface area contributed by atoms with Crippen LogP contribution >= 0.6 is 0 Å². The van der Waals surface area contributed by atoms with Gasteiger partial charge in [0.25, 0.3) is 0 Å². The Bertz CT molecular complexity index is 431. The molecule has 1 saturated heterocycles. The molecule has 1 aliphatic carbocycles. The zero-order valence-corrected chi connectivity index (χ0v) is 12.7. The van der Waals surface area contributed by atoms with Crippen molar-refractivity contribution in [3.05, 3.63) is 0 Å². The molecule has 118 valence electrons. The first-order chi connectivity index (χ1) is 9.90. The average molecular weight is 296 g/mol. The molecule has 6 heteroatoms. The molecule has 0 unspecified atom stereocenters. The van der Waals surface area contributed by atoms with E-state index in [1.807, 2.05) is 4.90 Å². The Morgan fingerprint density at radius 1 is 1.38 bits per heavy atom. The molecule has 1 N–H and O–H groups in total. The summed E-state index contributed by atoms with van der Waals surface area (Å²) in [5.41, 5.74) is 0. The molecule has 0 bridgehead atoms. The predicted molar refractivity (Wildman–Crippen MR) is 76.5 cm³/mol. The summed E-state index contributed by atoms with van der Waals surface area (Å²) in [7, 11) is 1.62. The number of carboxylic acid groups (broad SMARTS) is 1. The van der Waals surface area contributed by atoms with Crippen LogP contribution in [0.25, 0.3) is 0 Å². The van der Waals surface area contributed by atoms with Crippen molar-refractivity contribution in [2.75, 3.05) is 20.1 Å². The summed E-state index contributed by atoms with van der Waals surface area (Å²) >= 11 is 0. The molecule has 0 aromatic rings. The minimum Gasteiger partial charge on any atom is -0.481 e. The third kappa shape index (κ3) is 3.54. The average Bonchev–Trinajstić information content (AvgIpc) is 3.06. The number of hydrogen-bond donors (Lipinski definition) is 1. The molecule has 2 fully saturated rings. The number of likely N-dealkylation sites (tertiary alicyclic amines) is 1. The van der Waals surface area contributed by atoms with Crippen molar-refractivity contribution in [3.8, 4) is 0 Å². The fraction of sp³-hybridized carbons (Fsp3) is 0.800. The van der Waals surface area contributed by atoms with Crippen LogP contribution < -0.4 is 0 Å². The first kappa shape index (κ1) is 15.8. The van der Waals surface area contributed by atoms with Gasteiger partial charge >= 0.3 is 5.97 Å². The second-order valence-electron chi connectivity index (χ2n) is 6.34. The zero-order chi connectivity index (χ0) is 15.6. The van der Waals surface area contributed by atoms with Gasteiger partial charge in [-0.3, -0.25) is 14.4 Å². The van der Waals surface area contributed by atoms with Gasteiger partial charge in [-0.2, -0.15) is 0 Å². The minimum absolute atomic E-state index is 0.0694. The molecule has 1 aliphatic heterocycles. The van der Waals surface area contributed by atoms with Crippen molar-refractivity contribution < 1.29 is 19.5 Å². The molecular weight excluding hydrogens is 272 g/mol. The molecule has 0 aromatic heterocycles. The van der Waals surface area contributed by atoms with E-state index < -0.39 is 11.9 Å². The van der Waals surface area contributed by atoms with Crippen LogP contribution in [0.15, 0.2) is 0 Å². The number of nitrogens with zero attached hydrogens (tertiary/aromatic N) is 2. The van der Waals surface area contributed by atoms with Crippen molar-refractivity contribution in [1.29, 1.82) is 0 Å². The Morgan fingerprint density at radius 3 is 2.57 bits per heavy atom. The highest BCUT2D eigenvalue weighted by Crippen LogP contribution is 2.30. The van der Waals surface area contributed by atoms with Gasteiger partial charge in [-0.25, -0.2) is 0 Å². The first-order valence-corrected chi connectivity index (χ1v) is 7.67. The van der Waals surface area contributed by atoms with E-state index in [0.717, 1.165) is 25.7 Å². The molecule has 0 aromatic carbocycles. The maximum absolute atomic E-state index is 12.4. The van der Waals surface area contributed by atoms with Gasteiger partial charge in [-0.15, -0.1) is 0 Å². The highest BCUT2D eigenvalue weighted by molar-refractivity contribution is 5.89. The molecule has 2 rings (SSSR count). The molecule has 6 nitrogen and oxygen atoms in total. The van der Waals surface area contributed by atoms with Crippen LogP contribution in [-0.4, -0.2) is 58.9 Å². The summed E-state index contributed by atoms with van der Waals surface area (Å²) in [6, 6.07) is 0.304. The number of aliphatic carboxylic acids is 1. The lowest BCUT2D eigenvalue weighted by Crippen LogP contribution is -2.39. The smallest absolute Gasteiger partial charge is 0.308 e. The van der Waals surface area contributed by atoms with E-state index in [-0.39, 0.29) is 30.7 Å². The predicted octanol–water partition coefficient (Wildman–Crippen LogP) is 0.957. The summed E-state index contributed by atoms with van der Waals surface area (Å²) in [6.45, 7) is 2.26. The van der Waals surface area contributed by atoms with Gasteiger partial charge in [0.2, 0.25) is 11.8 Å². The van der Waals surface area contributed by atoms with E-state index in [9.17, 15) is 14.4 Å². The second-order valence-corrected chi connectivity index (χ2v) is 6.34. The summed E-state index contributed by atoms with van der Waals surface area (Å²) in [5, 5.41) is 8.91. The van der Waals surface area contributed by atoms with E-state index >= 15 is 0 Å². The largest absolute Gasteiger partial charge is 0.481 e. The van der Waals surface area contributed by atoms with Gasteiger partial charge in [0.05, 0.1) is 11.8 Å². The Labute approximate surface area is 125 Å². The van der Waals surface area contributed by atoms with Crippen molar-refractivity contribution in [3.63, 3.8) is 0 Å². The molecule has 0 radical (unpaired) electrons. The van der Waals surface area contributed by atoms with Gasteiger partial charge in [0.1, 0.15) is 0 Å². The van der Waals surface area contributed by atoms with Gasteiger partial charge in [-0.05, 0) is 12.8 Å². The van der Waals surface area contributed by atoms with E-state index in [1.54, 1.807) is 14.0 Å². The third-order valence-electron chi connectivity index (χ3n) is 4.62. The molecule has 1 heterocycles. The van der Waals surface area contributed by atoms with Crippen LogP contribution in [0.1, 0.15) is 39.0 Å². The van der Waals surface area contributed by atoms with Crippen LogP contribution in [0.5, 0.6) is 0 Å². The highest BCUT2D eigenvalue weighted by Gasteiger charge is 2.39. The van der Waals surface area contributed by atoms with E-state index in [1.165, 1.54) is 4.90 Å². The maximum atomic E-state index is 12.4. The van der Waals surface area contributed by atoms with Crippen molar-refractivity contribution in [2.24, 2.45) is 11.8 Å². The number of hydrogen-bond acceptors (Lipinski definition) is 3. The second kappa shape index (κ2) is 6.45. The molecule has 2 amide bonds. The fourth-order valence-electron chi connectivity index (χ4n) is 3.36. The van der Waals surface area contributed by atoms with Crippen molar-refractivity contribution >= 4 is 17.8 Å². The lowest BCUT2D eigenvalue weighted by atomic mass is 10.1. The minimum atomic E-state index is -0.912. The number of carboxylic acids is 1. The number of amides is 2. The van der Waals surface area contributed by atoms with E-state index in [0.29, 0.717) is 12.6 Å². The summed E-state index contributed by atoms with van der Waals surface area (Å²) < 4.78 is 0. The molecule has 21 heavy (non-hydrogen) atoms. The fourth-order valence-corrected chi connectivity index (χ4v) is 3.36. The van der Waals surface area contributed by atoms with Crippen LogP contribution in [0, 0.1) is 11.8 Å². The Kier molecular flexibility index (Phi) is 4.85. The maximum Gasteiger partial charge on any atom is 0.308 e. The molecule has 2 aliphatic rings. The van der Waals surface area contributed by atoms with E-state index in [2.05, 4.69) is 0 Å². The zero-order valence-electron chi connectivity index (χ0n) is 12.7. The Balaban J connectivity index is 1.91. The van der Waals surface area contributed by atoms with Crippen LogP contribution in [0.3, 0.4) is 0 Å². The van der Waals surface area contributed by atoms with Gasteiger partial charge < -0.3 is 14.9 Å². The SMILES string of the molecule is C[C@@H](CN(C)C(=O)[C@@H]1CC(=O)N(C2CCCC2)C1)C(=O)O. The van der Waals surface area contributed by atoms with Crippen molar-refractivity contribution in [1.82, 2.24) is 9.80 Å². The molecule has 1 saturated carbocycles. The Hall–Kier alpha value is -1.59. The van der Waals surface area contributed by atoms with Gasteiger partial charge in [0.15, 0.2) is 0 Å². The topological polar surface area (TPSA) is 77.9 Å². The van der Waals surface area contributed by atoms with Crippen molar-refractivity contribution in [2.45, 2.75) is 45.1 Å². The van der Waals surface area contributed by atoms with Gasteiger partial charge in [-0.1, -0.05) is 19.8 Å². The highest BCUT2D eigenvalue weighted by atomic mass is 16.4.